The molecule has 0 saturated carbocycles. The molecule has 2 heterocycles. The summed E-state index contributed by atoms with van der Waals surface area (Å²) in [6.07, 6.45) is 0. The standard InChI is InChI=1S/C47H29N3O/c1-3-12-33(13-4-1)45-48-46(34-14-5-2-6-15-34)50-47(49-45)44-39(27-28-42-43(44)40-17-9-10-18-41(40)51-42)32-21-19-30(20-22-32)35-25-26-38-36(29-35)24-23-31-11-7-8-16-37(31)38/h1-29H. The van der Waals surface area contributed by atoms with Gasteiger partial charge in [0.15, 0.2) is 17.5 Å². The summed E-state index contributed by atoms with van der Waals surface area (Å²) in [6.45, 7) is 0. The van der Waals surface area contributed by atoms with Crippen molar-refractivity contribution < 1.29 is 4.42 Å². The molecule has 0 N–H and O–H groups in total. The normalized spacial score (nSPS) is 11.5. The first kappa shape index (κ1) is 29.0. The van der Waals surface area contributed by atoms with Gasteiger partial charge in [0.1, 0.15) is 11.2 Å². The molecular formula is C47H29N3O. The number of nitrogens with zero attached hydrogens (tertiary/aromatic N) is 3. The van der Waals surface area contributed by atoms with E-state index in [1.807, 2.05) is 78.9 Å². The molecule has 0 atom stereocenters. The van der Waals surface area contributed by atoms with Crippen LogP contribution in [0, 0.1) is 0 Å². The first-order valence-electron chi connectivity index (χ1n) is 17.1. The zero-order valence-corrected chi connectivity index (χ0v) is 27.5. The quantitative estimate of drug-likeness (QED) is 0.174. The molecule has 0 unspecified atom stereocenters. The number of furan rings is 1. The van der Waals surface area contributed by atoms with Crippen LogP contribution in [0.2, 0.25) is 0 Å². The predicted molar refractivity (Wildman–Crippen MR) is 209 cm³/mol. The number of rotatable bonds is 5. The van der Waals surface area contributed by atoms with Crippen LogP contribution in [0.15, 0.2) is 180 Å². The highest BCUT2D eigenvalue weighted by Gasteiger charge is 2.22. The maximum absolute atomic E-state index is 6.40. The molecule has 0 fully saturated rings. The van der Waals surface area contributed by atoms with Crippen LogP contribution >= 0.6 is 0 Å². The molecule has 0 spiro atoms. The van der Waals surface area contributed by atoms with Gasteiger partial charge in [0.05, 0.1) is 0 Å². The van der Waals surface area contributed by atoms with Gasteiger partial charge >= 0.3 is 0 Å². The van der Waals surface area contributed by atoms with Crippen molar-refractivity contribution >= 4 is 43.5 Å². The van der Waals surface area contributed by atoms with Gasteiger partial charge < -0.3 is 4.42 Å². The van der Waals surface area contributed by atoms with E-state index in [4.69, 9.17) is 19.4 Å². The van der Waals surface area contributed by atoms with E-state index in [1.54, 1.807) is 0 Å². The fourth-order valence-corrected chi connectivity index (χ4v) is 7.24. The number of aromatic nitrogens is 3. The first-order chi connectivity index (χ1) is 25.3. The van der Waals surface area contributed by atoms with Gasteiger partial charge in [0, 0.05) is 27.5 Å². The SMILES string of the molecule is c1ccc(-c2nc(-c3ccccc3)nc(-c3c(-c4ccc(-c5ccc6c(ccc7ccccc76)c5)cc4)ccc4oc5ccccc5c34)n2)cc1. The van der Waals surface area contributed by atoms with Crippen LogP contribution in [0.25, 0.3) is 99.9 Å². The Kier molecular flexibility index (Phi) is 6.78. The van der Waals surface area contributed by atoms with Gasteiger partial charge in [-0.05, 0) is 68.1 Å². The lowest BCUT2D eigenvalue weighted by atomic mass is 9.92. The van der Waals surface area contributed by atoms with Crippen molar-refractivity contribution in [2.75, 3.05) is 0 Å². The Morgan fingerprint density at radius 1 is 0.333 bits per heavy atom. The molecule has 238 valence electrons. The Morgan fingerprint density at radius 3 is 1.65 bits per heavy atom. The van der Waals surface area contributed by atoms with Crippen LogP contribution in [0.1, 0.15) is 0 Å². The molecule has 51 heavy (non-hydrogen) atoms. The van der Waals surface area contributed by atoms with E-state index in [0.717, 1.165) is 55.3 Å². The molecule has 0 aliphatic carbocycles. The summed E-state index contributed by atoms with van der Waals surface area (Å²) in [5.74, 6) is 1.84. The van der Waals surface area contributed by atoms with Crippen molar-refractivity contribution in [2.45, 2.75) is 0 Å². The molecule has 10 aromatic rings. The fraction of sp³-hybridized carbons (Fsp3) is 0. The van der Waals surface area contributed by atoms with E-state index in [-0.39, 0.29) is 0 Å². The van der Waals surface area contributed by atoms with E-state index < -0.39 is 0 Å². The molecule has 0 amide bonds. The predicted octanol–water partition coefficient (Wildman–Crippen LogP) is 12.4. The maximum Gasteiger partial charge on any atom is 0.165 e. The molecule has 0 bridgehead atoms. The summed E-state index contributed by atoms with van der Waals surface area (Å²) in [5, 5.41) is 7.03. The minimum absolute atomic E-state index is 0.598. The maximum atomic E-state index is 6.40. The molecule has 0 saturated heterocycles. The van der Waals surface area contributed by atoms with E-state index in [9.17, 15) is 0 Å². The second-order valence-corrected chi connectivity index (χ2v) is 12.8. The second-order valence-electron chi connectivity index (χ2n) is 12.8. The summed E-state index contributed by atoms with van der Waals surface area (Å²) < 4.78 is 6.40. The molecule has 10 rings (SSSR count). The van der Waals surface area contributed by atoms with Crippen molar-refractivity contribution in [3.05, 3.63) is 176 Å². The van der Waals surface area contributed by atoms with Gasteiger partial charge in [-0.1, -0.05) is 152 Å². The van der Waals surface area contributed by atoms with E-state index in [0.29, 0.717) is 17.5 Å². The third-order valence-electron chi connectivity index (χ3n) is 9.74. The van der Waals surface area contributed by atoms with Crippen LogP contribution in [0.3, 0.4) is 0 Å². The minimum Gasteiger partial charge on any atom is -0.456 e. The Hall–Kier alpha value is -6.91. The molecule has 4 heteroatoms. The van der Waals surface area contributed by atoms with Crippen molar-refractivity contribution in [3.8, 4) is 56.4 Å². The van der Waals surface area contributed by atoms with Gasteiger partial charge in [-0.2, -0.15) is 0 Å². The average Bonchev–Trinajstić information content (AvgIpc) is 3.59. The smallest absolute Gasteiger partial charge is 0.165 e. The van der Waals surface area contributed by atoms with Crippen LogP contribution in [-0.2, 0) is 0 Å². The molecule has 0 aliphatic rings. The van der Waals surface area contributed by atoms with E-state index in [1.165, 1.54) is 27.1 Å². The number of benzene rings is 8. The van der Waals surface area contributed by atoms with Gasteiger partial charge in [-0.15, -0.1) is 0 Å². The van der Waals surface area contributed by atoms with Gasteiger partial charge in [-0.3, -0.25) is 0 Å². The van der Waals surface area contributed by atoms with E-state index in [2.05, 4.69) is 97.1 Å². The Bertz CT molecular complexity index is 2840. The molecule has 4 nitrogen and oxygen atoms in total. The van der Waals surface area contributed by atoms with Crippen LogP contribution in [0.4, 0.5) is 0 Å². The van der Waals surface area contributed by atoms with Crippen molar-refractivity contribution in [1.82, 2.24) is 15.0 Å². The number of hydrogen-bond acceptors (Lipinski definition) is 4. The van der Waals surface area contributed by atoms with Gasteiger partial charge in [0.25, 0.3) is 0 Å². The lowest BCUT2D eigenvalue weighted by Crippen LogP contribution is -2.01. The van der Waals surface area contributed by atoms with Crippen LogP contribution in [0.5, 0.6) is 0 Å². The number of fused-ring (bicyclic) bond motifs is 6. The third-order valence-corrected chi connectivity index (χ3v) is 9.74. The minimum atomic E-state index is 0.598. The Balaban J connectivity index is 1.17. The lowest BCUT2D eigenvalue weighted by Gasteiger charge is -2.14. The lowest BCUT2D eigenvalue weighted by molar-refractivity contribution is 0.669. The van der Waals surface area contributed by atoms with Crippen molar-refractivity contribution in [3.63, 3.8) is 0 Å². The van der Waals surface area contributed by atoms with Crippen molar-refractivity contribution in [2.24, 2.45) is 0 Å². The highest BCUT2D eigenvalue weighted by Crippen LogP contribution is 2.43. The monoisotopic (exact) mass is 651 g/mol. The topological polar surface area (TPSA) is 51.8 Å². The summed E-state index contributed by atoms with van der Waals surface area (Å²) in [6, 6.07) is 61.1. The average molecular weight is 652 g/mol. The summed E-state index contributed by atoms with van der Waals surface area (Å²) in [7, 11) is 0. The summed E-state index contributed by atoms with van der Waals surface area (Å²) in [5.41, 5.74) is 8.81. The Labute approximate surface area is 294 Å². The van der Waals surface area contributed by atoms with Gasteiger partial charge in [-0.25, -0.2) is 15.0 Å². The summed E-state index contributed by atoms with van der Waals surface area (Å²) in [4.78, 5) is 15.3. The number of para-hydroxylation sites is 1. The highest BCUT2D eigenvalue weighted by molar-refractivity contribution is 6.15. The third kappa shape index (κ3) is 5.04. The van der Waals surface area contributed by atoms with Crippen LogP contribution in [-0.4, -0.2) is 15.0 Å². The van der Waals surface area contributed by atoms with Gasteiger partial charge in [0.2, 0.25) is 0 Å². The molecular weight excluding hydrogens is 623 g/mol. The molecule has 8 aromatic carbocycles. The second kappa shape index (κ2) is 11.9. The van der Waals surface area contributed by atoms with Crippen molar-refractivity contribution in [1.29, 1.82) is 0 Å². The van der Waals surface area contributed by atoms with E-state index >= 15 is 0 Å². The molecule has 2 aromatic heterocycles. The first-order valence-corrected chi connectivity index (χ1v) is 17.1. The molecule has 0 aliphatic heterocycles. The summed E-state index contributed by atoms with van der Waals surface area (Å²) >= 11 is 0. The van der Waals surface area contributed by atoms with Crippen LogP contribution < -0.4 is 0 Å². The Morgan fingerprint density at radius 2 is 0.902 bits per heavy atom. The molecule has 0 radical (unpaired) electrons. The largest absolute Gasteiger partial charge is 0.456 e. The zero-order valence-electron chi connectivity index (χ0n) is 27.5. The highest BCUT2D eigenvalue weighted by atomic mass is 16.3. The zero-order chi connectivity index (χ0) is 33.7. The number of hydrogen-bond donors (Lipinski definition) is 0. The fourth-order valence-electron chi connectivity index (χ4n) is 7.24.